The maximum absolute atomic E-state index is 12.9. The number of ether oxygens (including phenoxy) is 1. The number of hydrogen-bond acceptors (Lipinski definition) is 6. The van der Waals surface area contributed by atoms with Gasteiger partial charge < -0.3 is 14.6 Å². The van der Waals surface area contributed by atoms with Crippen molar-refractivity contribution >= 4 is 0 Å². The van der Waals surface area contributed by atoms with Crippen molar-refractivity contribution in [2.75, 3.05) is 26.7 Å². The number of nitrogens with one attached hydrogen (secondary N) is 1. The van der Waals surface area contributed by atoms with Gasteiger partial charge in [-0.15, -0.1) is 0 Å². The Labute approximate surface area is 147 Å². The summed E-state index contributed by atoms with van der Waals surface area (Å²) in [4.78, 5) is 6.73. The zero-order valence-electron chi connectivity index (χ0n) is 14.6. The number of nitrogens with zero attached hydrogens (tertiary/aromatic N) is 3. The Hall–Kier alpha value is -1.99. The van der Waals surface area contributed by atoms with Crippen molar-refractivity contribution in [1.29, 1.82) is 0 Å². The van der Waals surface area contributed by atoms with Crippen LogP contribution in [0.15, 0.2) is 28.8 Å². The molecule has 1 fully saturated rings. The minimum absolute atomic E-state index is 0.210. The van der Waals surface area contributed by atoms with E-state index in [4.69, 9.17) is 9.26 Å². The number of benzene rings is 1. The first kappa shape index (κ1) is 17.8. The lowest BCUT2D eigenvalue weighted by Gasteiger charge is -2.30. The van der Waals surface area contributed by atoms with Crippen LogP contribution < -0.4 is 10.1 Å². The van der Waals surface area contributed by atoms with Crippen LogP contribution >= 0.6 is 0 Å². The van der Waals surface area contributed by atoms with E-state index >= 15 is 0 Å². The molecule has 1 aliphatic rings. The van der Waals surface area contributed by atoms with Crippen molar-refractivity contribution < 1.29 is 13.7 Å². The summed E-state index contributed by atoms with van der Waals surface area (Å²) >= 11 is 0. The van der Waals surface area contributed by atoms with E-state index in [1.54, 1.807) is 12.1 Å². The fourth-order valence-corrected chi connectivity index (χ4v) is 3.06. The second kappa shape index (κ2) is 8.92. The Morgan fingerprint density at radius 2 is 2.04 bits per heavy atom. The van der Waals surface area contributed by atoms with Gasteiger partial charge in [0.1, 0.15) is 11.6 Å². The van der Waals surface area contributed by atoms with Crippen LogP contribution in [0.25, 0.3) is 0 Å². The summed E-state index contributed by atoms with van der Waals surface area (Å²) in [7, 11) is 2.00. The number of halogens is 1. The summed E-state index contributed by atoms with van der Waals surface area (Å²) in [6, 6.07) is 5.87. The molecule has 136 valence electrons. The van der Waals surface area contributed by atoms with Crippen molar-refractivity contribution in [2.24, 2.45) is 5.92 Å². The molecule has 0 amide bonds. The average molecular weight is 348 g/mol. The molecule has 0 aliphatic carbocycles. The summed E-state index contributed by atoms with van der Waals surface area (Å²) in [5.74, 6) is 2.22. The molecular formula is C18H25FN4O2. The highest BCUT2D eigenvalue weighted by Gasteiger charge is 2.20. The van der Waals surface area contributed by atoms with Crippen molar-refractivity contribution in [1.82, 2.24) is 20.4 Å². The van der Waals surface area contributed by atoms with E-state index in [1.165, 1.54) is 31.4 Å². The molecule has 1 aliphatic heterocycles. The predicted octanol–water partition coefficient (Wildman–Crippen LogP) is 2.61. The number of piperidine rings is 1. The third kappa shape index (κ3) is 5.51. The highest BCUT2D eigenvalue weighted by atomic mass is 19.1. The first-order valence-corrected chi connectivity index (χ1v) is 8.79. The number of likely N-dealkylation sites (tertiary alicyclic amines) is 1. The van der Waals surface area contributed by atoms with Crippen LogP contribution in [0.3, 0.4) is 0 Å². The molecule has 7 heteroatoms. The fourth-order valence-electron chi connectivity index (χ4n) is 3.06. The van der Waals surface area contributed by atoms with Crippen LogP contribution in [-0.4, -0.2) is 41.7 Å². The Bertz CT molecular complexity index is 639. The van der Waals surface area contributed by atoms with E-state index in [0.717, 1.165) is 25.6 Å². The van der Waals surface area contributed by atoms with Crippen molar-refractivity contribution in [2.45, 2.75) is 32.4 Å². The van der Waals surface area contributed by atoms with Crippen LogP contribution in [0.2, 0.25) is 0 Å². The van der Waals surface area contributed by atoms with Crippen molar-refractivity contribution in [3.05, 3.63) is 41.8 Å². The second-order valence-electron chi connectivity index (χ2n) is 6.46. The molecule has 1 aromatic carbocycles. The lowest BCUT2D eigenvalue weighted by molar-refractivity contribution is 0.155. The average Bonchev–Trinajstić information content (AvgIpc) is 3.08. The molecule has 2 heterocycles. The Balaban J connectivity index is 1.42. The number of aromatic nitrogens is 2. The van der Waals surface area contributed by atoms with E-state index in [9.17, 15) is 4.39 Å². The molecule has 3 rings (SSSR count). The number of rotatable bonds is 8. The SMILES string of the molecule is CNCCC1CCN(Cc2nc(COc3ccc(F)cc3)no2)CC1. The summed E-state index contributed by atoms with van der Waals surface area (Å²) in [6.45, 7) is 4.12. The highest BCUT2D eigenvalue weighted by molar-refractivity contribution is 5.22. The minimum atomic E-state index is -0.288. The molecule has 0 saturated carbocycles. The first-order chi connectivity index (χ1) is 12.2. The van der Waals surface area contributed by atoms with Crippen LogP contribution in [0.5, 0.6) is 5.75 Å². The highest BCUT2D eigenvalue weighted by Crippen LogP contribution is 2.21. The van der Waals surface area contributed by atoms with Gasteiger partial charge in [-0.3, -0.25) is 4.90 Å². The Morgan fingerprint density at radius 1 is 1.28 bits per heavy atom. The molecular weight excluding hydrogens is 323 g/mol. The Morgan fingerprint density at radius 3 is 2.76 bits per heavy atom. The lowest BCUT2D eigenvalue weighted by atomic mass is 9.93. The third-order valence-corrected chi connectivity index (χ3v) is 4.56. The van der Waals surface area contributed by atoms with Crippen LogP contribution in [-0.2, 0) is 13.2 Å². The maximum Gasteiger partial charge on any atom is 0.240 e. The monoisotopic (exact) mass is 348 g/mol. The number of hydrogen-bond donors (Lipinski definition) is 1. The summed E-state index contributed by atoms with van der Waals surface area (Å²) < 4.78 is 23.7. The van der Waals surface area contributed by atoms with E-state index in [-0.39, 0.29) is 12.4 Å². The molecule has 1 saturated heterocycles. The molecule has 1 aromatic heterocycles. The largest absolute Gasteiger partial charge is 0.485 e. The van der Waals surface area contributed by atoms with E-state index < -0.39 is 0 Å². The molecule has 0 unspecified atom stereocenters. The van der Waals surface area contributed by atoms with Gasteiger partial charge in [0.05, 0.1) is 6.54 Å². The van der Waals surface area contributed by atoms with Crippen molar-refractivity contribution in [3.8, 4) is 5.75 Å². The minimum Gasteiger partial charge on any atom is -0.485 e. The normalized spacial score (nSPS) is 16.2. The molecule has 0 radical (unpaired) electrons. The molecule has 25 heavy (non-hydrogen) atoms. The second-order valence-corrected chi connectivity index (χ2v) is 6.46. The van der Waals surface area contributed by atoms with Gasteiger partial charge in [0.25, 0.3) is 0 Å². The quantitative estimate of drug-likeness (QED) is 0.791. The molecule has 0 bridgehead atoms. The molecule has 2 aromatic rings. The van der Waals surface area contributed by atoms with E-state index in [0.29, 0.717) is 24.0 Å². The van der Waals surface area contributed by atoms with Crippen LogP contribution in [0.1, 0.15) is 31.0 Å². The zero-order chi connectivity index (χ0) is 17.5. The molecule has 0 atom stereocenters. The van der Waals surface area contributed by atoms with Gasteiger partial charge in [-0.2, -0.15) is 4.98 Å². The van der Waals surface area contributed by atoms with Gasteiger partial charge in [-0.25, -0.2) is 4.39 Å². The standard InChI is InChI=1S/C18H25FN4O2/c1-20-9-6-14-7-10-23(11-8-14)12-18-21-17(22-25-18)13-24-16-4-2-15(19)3-5-16/h2-5,14,20H,6-13H2,1H3. The van der Waals surface area contributed by atoms with Crippen molar-refractivity contribution in [3.63, 3.8) is 0 Å². The topological polar surface area (TPSA) is 63.4 Å². The van der Waals surface area contributed by atoms with Crippen LogP contribution in [0.4, 0.5) is 4.39 Å². The maximum atomic E-state index is 12.9. The molecule has 1 N–H and O–H groups in total. The fraction of sp³-hybridized carbons (Fsp3) is 0.556. The summed E-state index contributed by atoms with van der Waals surface area (Å²) in [5, 5.41) is 7.17. The smallest absolute Gasteiger partial charge is 0.240 e. The van der Waals surface area contributed by atoms with E-state index in [1.807, 2.05) is 7.05 Å². The van der Waals surface area contributed by atoms with E-state index in [2.05, 4.69) is 20.4 Å². The van der Waals surface area contributed by atoms with Gasteiger partial charge in [-0.05, 0) is 76.1 Å². The first-order valence-electron chi connectivity index (χ1n) is 8.79. The van der Waals surface area contributed by atoms with Gasteiger partial charge >= 0.3 is 0 Å². The van der Waals surface area contributed by atoms with Gasteiger partial charge in [0, 0.05) is 0 Å². The predicted molar refractivity (Wildman–Crippen MR) is 91.6 cm³/mol. The third-order valence-electron chi connectivity index (χ3n) is 4.56. The molecule has 0 spiro atoms. The summed E-state index contributed by atoms with van der Waals surface area (Å²) in [6.07, 6.45) is 3.68. The zero-order valence-corrected chi connectivity index (χ0v) is 14.6. The lowest BCUT2D eigenvalue weighted by Crippen LogP contribution is -2.34. The van der Waals surface area contributed by atoms with Gasteiger partial charge in [0.15, 0.2) is 6.61 Å². The van der Waals surface area contributed by atoms with Gasteiger partial charge in [0.2, 0.25) is 11.7 Å². The summed E-state index contributed by atoms with van der Waals surface area (Å²) in [5.41, 5.74) is 0. The van der Waals surface area contributed by atoms with Gasteiger partial charge in [-0.1, -0.05) is 5.16 Å². The molecule has 6 nitrogen and oxygen atoms in total. The van der Waals surface area contributed by atoms with Crippen LogP contribution in [0, 0.1) is 11.7 Å². The Kier molecular flexibility index (Phi) is 6.36.